The van der Waals surface area contributed by atoms with Gasteiger partial charge in [0, 0.05) is 29.0 Å². The van der Waals surface area contributed by atoms with Crippen LogP contribution in [0, 0.1) is 0 Å². The lowest BCUT2D eigenvalue weighted by Crippen LogP contribution is -2.12. The van der Waals surface area contributed by atoms with Crippen LogP contribution in [-0.2, 0) is 0 Å². The summed E-state index contributed by atoms with van der Waals surface area (Å²) in [6.07, 6.45) is 4.82. The molecule has 0 aliphatic rings. The molecule has 0 aliphatic carbocycles. The van der Waals surface area contributed by atoms with Gasteiger partial charge < -0.3 is 10.1 Å². The number of anilines is 1. The molecule has 0 saturated carbocycles. The molecule has 114 valence electrons. The molecule has 5 nitrogen and oxygen atoms in total. The zero-order chi connectivity index (χ0) is 16.1. The van der Waals surface area contributed by atoms with Crippen LogP contribution in [0.25, 0.3) is 0 Å². The molecule has 0 bridgehead atoms. The fourth-order valence-corrected chi connectivity index (χ4v) is 2.10. The first-order chi connectivity index (χ1) is 11.2. The second kappa shape index (κ2) is 6.89. The lowest BCUT2D eigenvalue weighted by molar-refractivity contribution is 0.102. The van der Waals surface area contributed by atoms with E-state index < -0.39 is 0 Å². The van der Waals surface area contributed by atoms with Gasteiger partial charge in [-0.2, -0.15) is 0 Å². The molecular weight excluding hydrogens is 314 g/mol. The van der Waals surface area contributed by atoms with Gasteiger partial charge in [0.15, 0.2) is 0 Å². The molecule has 0 radical (unpaired) electrons. The topological polar surface area (TPSA) is 64.1 Å². The zero-order valence-electron chi connectivity index (χ0n) is 11.9. The number of rotatable bonds is 4. The molecule has 2 aromatic heterocycles. The van der Waals surface area contributed by atoms with Gasteiger partial charge in [0.25, 0.3) is 5.91 Å². The molecule has 0 atom stereocenters. The number of carbonyl (C=O) groups is 1. The van der Waals surface area contributed by atoms with Crippen molar-refractivity contribution >= 4 is 23.3 Å². The average Bonchev–Trinajstić information content (AvgIpc) is 2.56. The number of nitrogens with one attached hydrogen (secondary N) is 1. The molecule has 23 heavy (non-hydrogen) atoms. The van der Waals surface area contributed by atoms with Gasteiger partial charge in [0.1, 0.15) is 17.3 Å². The second-order valence-corrected chi connectivity index (χ2v) is 5.07. The summed E-state index contributed by atoms with van der Waals surface area (Å²) in [5.74, 6) is 1.25. The first-order valence-corrected chi connectivity index (χ1v) is 7.19. The Morgan fingerprint density at radius 2 is 1.96 bits per heavy atom. The van der Waals surface area contributed by atoms with Crippen LogP contribution in [0.15, 0.2) is 67.1 Å². The number of amides is 1. The number of hydrogen-bond donors (Lipinski definition) is 1. The standard InChI is InChI=1S/C17H12ClN3O2/c18-13-4-1-3-12(9-13)17(22)21-16-10-14(6-8-20-16)23-15-5-2-7-19-11-15/h1-11H,(H,20,21,22). The zero-order valence-corrected chi connectivity index (χ0v) is 12.7. The Balaban J connectivity index is 1.74. The summed E-state index contributed by atoms with van der Waals surface area (Å²) in [5.41, 5.74) is 0.456. The number of nitrogens with zero attached hydrogens (tertiary/aromatic N) is 2. The van der Waals surface area contributed by atoms with Gasteiger partial charge in [-0.05, 0) is 36.4 Å². The summed E-state index contributed by atoms with van der Waals surface area (Å²) in [6.45, 7) is 0. The van der Waals surface area contributed by atoms with Gasteiger partial charge in [-0.1, -0.05) is 17.7 Å². The third-order valence-corrected chi connectivity index (χ3v) is 3.17. The first-order valence-electron chi connectivity index (χ1n) is 6.81. The molecule has 6 heteroatoms. The molecule has 0 unspecified atom stereocenters. The third kappa shape index (κ3) is 4.05. The van der Waals surface area contributed by atoms with E-state index in [4.69, 9.17) is 16.3 Å². The summed E-state index contributed by atoms with van der Waals surface area (Å²) in [7, 11) is 0. The maximum atomic E-state index is 12.2. The van der Waals surface area contributed by atoms with E-state index in [2.05, 4.69) is 15.3 Å². The molecule has 3 rings (SSSR count). The van der Waals surface area contributed by atoms with Gasteiger partial charge in [0.2, 0.25) is 0 Å². The maximum Gasteiger partial charge on any atom is 0.256 e. The van der Waals surface area contributed by atoms with Gasteiger partial charge in [0.05, 0.1) is 6.20 Å². The molecular formula is C17H12ClN3O2. The predicted molar refractivity (Wildman–Crippen MR) is 88.0 cm³/mol. The highest BCUT2D eigenvalue weighted by atomic mass is 35.5. The van der Waals surface area contributed by atoms with E-state index in [0.717, 1.165) is 0 Å². The summed E-state index contributed by atoms with van der Waals surface area (Å²) < 4.78 is 5.65. The van der Waals surface area contributed by atoms with Crippen LogP contribution < -0.4 is 10.1 Å². The Hall–Kier alpha value is -2.92. The summed E-state index contributed by atoms with van der Waals surface area (Å²) >= 11 is 5.89. The molecule has 0 saturated heterocycles. The van der Waals surface area contributed by atoms with E-state index in [9.17, 15) is 4.79 Å². The minimum absolute atomic E-state index is 0.293. The van der Waals surface area contributed by atoms with Gasteiger partial charge >= 0.3 is 0 Å². The van der Waals surface area contributed by atoms with Crippen molar-refractivity contribution in [1.82, 2.24) is 9.97 Å². The van der Waals surface area contributed by atoms with E-state index in [-0.39, 0.29) is 5.91 Å². The largest absolute Gasteiger partial charge is 0.456 e. The Kier molecular flexibility index (Phi) is 4.49. The third-order valence-electron chi connectivity index (χ3n) is 2.93. The number of pyridine rings is 2. The molecule has 1 amide bonds. The Morgan fingerprint density at radius 1 is 1.04 bits per heavy atom. The number of benzene rings is 1. The Morgan fingerprint density at radius 3 is 2.74 bits per heavy atom. The quantitative estimate of drug-likeness (QED) is 0.781. The number of carbonyl (C=O) groups excluding carboxylic acids is 1. The molecule has 1 N–H and O–H groups in total. The highest BCUT2D eigenvalue weighted by Gasteiger charge is 2.08. The lowest BCUT2D eigenvalue weighted by atomic mass is 10.2. The minimum atomic E-state index is -0.293. The second-order valence-electron chi connectivity index (χ2n) is 4.63. The van der Waals surface area contributed by atoms with Crippen molar-refractivity contribution in [3.63, 3.8) is 0 Å². The van der Waals surface area contributed by atoms with Crippen LogP contribution in [0.4, 0.5) is 5.82 Å². The predicted octanol–water partition coefficient (Wildman–Crippen LogP) is 4.17. The van der Waals surface area contributed by atoms with E-state index in [1.807, 2.05) is 0 Å². The number of ether oxygens (including phenoxy) is 1. The monoisotopic (exact) mass is 325 g/mol. The van der Waals surface area contributed by atoms with Crippen LogP contribution in [0.3, 0.4) is 0 Å². The fraction of sp³-hybridized carbons (Fsp3) is 0. The van der Waals surface area contributed by atoms with Crippen molar-refractivity contribution in [2.45, 2.75) is 0 Å². The van der Waals surface area contributed by atoms with Crippen LogP contribution in [0.5, 0.6) is 11.5 Å². The van der Waals surface area contributed by atoms with Crippen molar-refractivity contribution in [3.05, 3.63) is 77.7 Å². The van der Waals surface area contributed by atoms with E-state index in [1.54, 1.807) is 67.1 Å². The van der Waals surface area contributed by atoms with Crippen molar-refractivity contribution < 1.29 is 9.53 Å². The maximum absolute atomic E-state index is 12.2. The molecule has 2 heterocycles. The van der Waals surface area contributed by atoms with Gasteiger partial charge in [-0.3, -0.25) is 9.78 Å². The summed E-state index contributed by atoms with van der Waals surface area (Å²) in [6, 6.07) is 13.6. The number of hydrogen-bond acceptors (Lipinski definition) is 4. The van der Waals surface area contributed by atoms with Crippen molar-refractivity contribution in [2.24, 2.45) is 0 Å². The van der Waals surface area contributed by atoms with Crippen LogP contribution in [0.1, 0.15) is 10.4 Å². The molecule has 0 spiro atoms. The fourth-order valence-electron chi connectivity index (χ4n) is 1.90. The highest BCUT2D eigenvalue weighted by Crippen LogP contribution is 2.22. The average molecular weight is 326 g/mol. The van der Waals surface area contributed by atoms with Crippen molar-refractivity contribution in [3.8, 4) is 11.5 Å². The van der Waals surface area contributed by atoms with Crippen LogP contribution in [0.2, 0.25) is 5.02 Å². The Bertz CT molecular complexity index is 825. The smallest absolute Gasteiger partial charge is 0.256 e. The van der Waals surface area contributed by atoms with E-state index in [1.165, 1.54) is 0 Å². The normalized spacial score (nSPS) is 10.1. The number of aromatic nitrogens is 2. The first kappa shape index (κ1) is 15.0. The molecule has 3 aromatic rings. The van der Waals surface area contributed by atoms with Gasteiger partial charge in [-0.15, -0.1) is 0 Å². The molecule has 0 aliphatic heterocycles. The SMILES string of the molecule is O=C(Nc1cc(Oc2cccnc2)ccn1)c1cccc(Cl)c1. The molecule has 1 aromatic carbocycles. The summed E-state index contributed by atoms with van der Waals surface area (Å²) in [5, 5.41) is 3.21. The van der Waals surface area contributed by atoms with Crippen LogP contribution in [-0.4, -0.2) is 15.9 Å². The van der Waals surface area contributed by atoms with Gasteiger partial charge in [-0.25, -0.2) is 4.98 Å². The highest BCUT2D eigenvalue weighted by molar-refractivity contribution is 6.31. The van der Waals surface area contributed by atoms with Crippen molar-refractivity contribution in [1.29, 1.82) is 0 Å². The summed E-state index contributed by atoms with van der Waals surface area (Å²) in [4.78, 5) is 20.3. The van der Waals surface area contributed by atoms with E-state index >= 15 is 0 Å². The Labute approximate surface area is 137 Å². The van der Waals surface area contributed by atoms with Crippen molar-refractivity contribution in [2.75, 3.05) is 5.32 Å². The minimum Gasteiger partial charge on any atom is -0.456 e. The van der Waals surface area contributed by atoms with Crippen LogP contribution >= 0.6 is 11.6 Å². The molecule has 0 fully saturated rings. The number of halogens is 1. The van der Waals surface area contributed by atoms with E-state index in [0.29, 0.717) is 27.9 Å². The lowest BCUT2D eigenvalue weighted by Gasteiger charge is -2.08.